The van der Waals surface area contributed by atoms with Crippen molar-refractivity contribution in [2.45, 2.75) is 18.0 Å². The summed E-state index contributed by atoms with van der Waals surface area (Å²) in [6.07, 6.45) is -12.0. The standard InChI is InChI=1S/C17H12F6N2O/c18-16(19,20)15(26,17(21,22)23)13-7-12-9(6-14(13)25)2-1-8-5-10(24)3-4-11(8)12/h1-7,26H,24-25H2. The summed E-state index contributed by atoms with van der Waals surface area (Å²) in [6.45, 7) is 0. The van der Waals surface area contributed by atoms with Crippen molar-refractivity contribution in [2.24, 2.45) is 0 Å². The Morgan fingerprint density at radius 1 is 0.692 bits per heavy atom. The molecule has 0 aromatic heterocycles. The lowest BCUT2D eigenvalue weighted by Gasteiger charge is -2.33. The Morgan fingerprint density at radius 3 is 1.77 bits per heavy atom. The van der Waals surface area contributed by atoms with Gasteiger partial charge in [-0.2, -0.15) is 26.3 Å². The zero-order valence-corrected chi connectivity index (χ0v) is 12.9. The minimum atomic E-state index is -6.01. The molecule has 0 aliphatic heterocycles. The van der Waals surface area contributed by atoms with Gasteiger partial charge in [0, 0.05) is 16.9 Å². The molecule has 0 radical (unpaired) electrons. The van der Waals surface area contributed by atoms with Gasteiger partial charge in [-0.15, -0.1) is 0 Å². The summed E-state index contributed by atoms with van der Waals surface area (Å²) in [7, 11) is 0. The number of anilines is 2. The molecule has 0 saturated carbocycles. The van der Waals surface area contributed by atoms with Gasteiger partial charge in [0.25, 0.3) is 5.60 Å². The van der Waals surface area contributed by atoms with Crippen LogP contribution in [0.5, 0.6) is 0 Å². The Kier molecular flexibility index (Phi) is 3.77. The van der Waals surface area contributed by atoms with Gasteiger partial charge in [0.2, 0.25) is 0 Å². The summed E-state index contributed by atoms with van der Waals surface area (Å²) in [5, 5.41) is 11.0. The highest BCUT2D eigenvalue weighted by atomic mass is 19.4. The molecular formula is C17H12F6N2O. The third-order valence-electron chi connectivity index (χ3n) is 4.24. The summed E-state index contributed by atoms with van der Waals surface area (Å²) in [4.78, 5) is 0. The molecule has 3 aromatic rings. The molecule has 0 unspecified atom stereocenters. The molecule has 0 bridgehead atoms. The van der Waals surface area contributed by atoms with Gasteiger partial charge in [-0.1, -0.05) is 18.2 Å². The van der Waals surface area contributed by atoms with Gasteiger partial charge in [0.05, 0.1) is 0 Å². The van der Waals surface area contributed by atoms with Crippen LogP contribution >= 0.6 is 0 Å². The van der Waals surface area contributed by atoms with E-state index in [1.165, 1.54) is 24.3 Å². The zero-order valence-electron chi connectivity index (χ0n) is 12.9. The van der Waals surface area contributed by atoms with Gasteiger partial charge in [0.15, 0.2) is 0 Å². The lowest BCUT2D eigenvalue weighted by Crippen LogP contribution is -2.54. The Morgan fingerprint density at radius 2 is 1.23 bits per heavy atom. The summed E-state index contributed by atoms with van der Waals surface area (Å²) >= 11 is 0. The molecule has 3 rings (SSSR count). The fourth-order valence-corrected chi connectivity index (χ4v) is 2.93. The predicted molar refractivity (Wildman–Crippen MR) is 86.3 cm³/mol. The van der Waals surface area contributed by atoms with Crippen molar-refractivity contribution in [3.63, 3.8) is 0 Å². The Bertz CT molecular complexity index is 996. The largest absolute Gasteiger partial charge is 0.430 e. The first-order valence-corrected chi connectivity index (χ1v) is 7.24. The number of benzene rings is 3. The number of hydrogen-bond donors (Lipinski definition) is 3. The minimum Gasteiger partial charge on any atom is -0.399 e. The maximum atomic E-state index is 13.2. The number of nitrogen functional groups attached to an aromatic ring is 2. The summed E-state index contributed by atoms with van der Waals surface area (Å²) in [5.74, 6) is 0. The van der Waals surface area contributed by atoms with E-state index in [1.54, 1.807) is 6.07 Å². The highest BCUT2D eigenvalue weighted by molar-refractivity contribution is 6.09. The van der Waals surface area contributed by atoms with Crippen LogP contribution in [0.2, 0.25) is 0 Å². The summed E-state index contributed by atoms with van der Waals surface area (Å²) in [5.41, 5.74) is 4.12. The number of rotatable bonds is 1. The molecule has 3 nitrogen and oxygen atoms in total. The SMILES string of the molecule is Nc1ccc2c(ccc3cc(N)c(C(O)(C(F)(F)F)C(F)(F)F)cc32)c1. The highest BCUT2D eigenvalue weighted by Crippen LogP contribution is 2.52. The fraction of sp³-hybridized carbons (Fsp3) is 0.176. The van der Waals surface area contributed by atoms with E-state index < -0.39 is 29.2 Å². The molecule has 26 heavy (non-hydrogen) atoms. The first-order chi connectivity index (χ1) is 11.9. The quantitative estimate of drug-likeness (QED) is 0.334. The van der Waals surface area contributed by atoms with E-state index in [-0.39, 0.29) is 5.39 Å². The molecule has 0 spiro atoms. The van der Waals surface area contributed by atoms with Crippen LogP contribution in [-0.2, 0) is 5.60 Å². The smallest absolute Gasteiger partial charge is 0.399 e. The number of aliphatic hydroxyl groups is 1. The predicted octanol–water partition coefficient (Wildman–Crippen LogP) is 4.47. The molecule has 0 aliphatic rings. The van der Waals surface area contributed by atoms with Crippen LogP contribution in [-0.4, -0.2) is 17.5 Å². The van der Waals surface area contributed by atoms with E-state index in [2.05, 4.69) is 0 Å². The summed E-state index contributed by atoms with van der Waals surface area (Å²) < 4.78 is 79.1. The van der Waals surface area contributed by atoms with Crippen LogP contribution in [0.25, 0.3) is 21.5 Å². The monoisotopic (exact) mass is 374 g/mol. The Balaban J connectivity index is 2.43. The lowest BCUT2D eigenvalue weighted by atomic mass is 9.87. The van der Waals surface area contributed by atoms with E-state index in [9.17, 15) is 31.4 Å². The van der Waals surface area contributed by atoms with Crippen molar-refractivity contribution in [1.82, 2.24) is 0 Å². The molecule has 0 atom stereocenters. The van der Waals surface area contributed by atoms with E-state index >= 15 is 0 Å². The van der Waals surface area contributed by atoms with Gasteiger partial charge in [-0.05, 0) is 45.8 Å². The number of hydrogen-bond acceptors (Lipinski definition) is 3. The van der Waals surface area contributed by atoms with Crippen molar-refractivity contribution in [3.05, 3.63) is 48.0 Å². The third-order valence-corrected chi connectivity index (χ3v) is 4.24. The zero-order chi connectivity index (χ0) is 19.5. The molecule has 0 heterocycles. The average Bonchev–Trinajstić information content (AvgIpc) is 2.50. The molecule has 0 amide bonds. The molecule has 0 saturated heterocycles. The Hall–Kier alpha value is -2.68. The number of alkyl halides is 6. The van der Waals surface area contributed by atoms with Gasteiger partial charge < -0.3 is 16.6 Å². The second-order valence-corrected chi connectivity index (χ2v) is 5.91. The topological polar surface area (TPSA) is 72.3 Å². The molecule has 0 aliphatic carbocycles. The van der Waals surface area contributed by atoms with E-state index in [1.807, 2.05) is 0 Å². The maximum Gasteiger partial charge on any atom is 0.430 e. The molecule has 3 aromatic carbocycles. The van der Waals surface area contributed by atoms with Crippen molar-refractivity contribution in [3.8, 4) is 0 Å². The van der Waals surface area contributed by atoms with Gasteiger partial charge in [-0.3, -0.25) is 0 Å². The number of nitrogens with two attached hydrogens (primary N) is 2. The molecule has 138 valence electrons. The Labute approximate surface area is 142 Å². The van der Waals surface area contributed by atoms with E-state index in [4.69, 9.17) is 11.5 Å². The van der Waals surface area contributed by atoms with Crippen LogP contribution < -0.4 is 11.5 Å². The second-order valence-electron chi connectivity index (χ2n) is 5.91. The van der Waals surface area contributed by atoms with Crippen LogP contribution in [0.4, 0.5) is 37.7 Å². The average molecular weight is 374 g/mol. The van der Waals surface area contributed by atoms with Gasteiger partial charge >= 0.3 is 12.4 Å². The van der Waals surface area contributed by atoms with Crippen molar-refractivity contribution in [1.29, 1.82) is 0 Å². The van der Waals surface area contributed by atoms with Gasteiger partial charge in [0.1, 0.15) is 0 Å². The van der Waals surface area contributed by atoms with Crippen LogP contribution in [0.15, 0.2) is 42.5 Å². The van der Waals surface area contributed by atoms with E-state index in [0.717, 1.165) is 6.07 Å². The fourth-order valence-electron chi connectivity index (χ4n) is 2.93. The summed E-state index contributed by atoms with van der Waals surface area (Å²) in [6, 6.07) is 9.20. The van der Waals surface area contributed by atoms with Crippen molar-refractivity contribution in [2.75, 3.05) is 11.5 Å². The molecule has 0 fully saturated rings. The minimum absolute atomic E-state index is 0.0821. The third kappa shape index (κ3) is 2.50. The second kappa shape index (κ2) is 5.41. The normalized spacial score (nSPS) is 13.5. The van der Waals surface area contributed by atoms with Crippen molar-refractivity contribution >= 4 is 32.9 Å². The van der Waals surface area contributed by atoms with E-state index in [0.29, 0.717) is 27.9 Å². The first kappa shape index (κ1) is 18.1. The number of fused-ring (bicyclic) bond motifs is 3. The molecular weight excluding hydrogens is 362 g/mol. The lowest BCUT2D eigenvalue weighted by molar-refractivity contribution is -0.375. The van der Waals surface area contributed by atoms with Crippen LogP contribution in [0.3, 0.4) is 0 Å². The van der Waals surface area contributed by atoms with Crippen LogP contribution in [0.1, 0.15) is 5.56 Å². The first-order valence-electron chi connectivity index (χ1n) is 7.24. The number of halogens is 6. The van der Waals surface area contributed by atoms with Crippen molar-refractivity contribution < 1.29 is 31.4 Å². The highest BCUT2D eigenvalue weighted by Gasteiger charge is 2.72. The molecule has 9 heteroatoms. The molecule has 5 N–H and O–H groups in total. The van der Waals surface area contributed by atoms with Crippen LogP contribution in [0, 0.1) is 0 Å². The van der Waals surface area contributed by atoms with Gasteiger partial charge in [-0.25, -0.2) is 0 Å². The maximum absolute atomic E-state index is 13.2.